The Hall–Kier alpha value is -0.570. The van der Waals surface area contributed by atoms with Crippen molar-refractivity contribution in [2.45, 2.75) is 136 Å². The first kappa shape index (κ1) is 30.6. The molecule has 0 aliphatic heterocycles. The Kier molecular flexibility index (Phi) is 25.0. The molecule has 0 bridgehead atoms. The topological polar surface area (TPSA) is 40.1 Å². The molecule has 0 saturated heterocycles. The summed E-state index contributed by atoms with van der Waals surface area (Å²) in [5, 5.41) is 9.49. The highest BCUT2D eigenvalue weighted by molar-refractivity contribution is 5.63. The van der Waals surface area contributed by atoms with Gasteiger partial charge in [-0.1, -0.05) is 104 Å². The molecule has 0 aromatic heterocycles. The standard InChI is InChI=1S/C22H48N.C4H8O2/c1-5-7-9-11-13-15-17-19-21-23(3,4)22-20-18-16-14-12-10-8-6-2;1-2-3-4(5)6/h5-22H2,1-4H3;2-3H2,1H3,(H,5,6)/q+1;/p-1. The lowest BCUT2D eigenvalue weighted by atomic mass is 10.1. The predicted molar refractivity (Wildman–Crippen MR) is 127 cm³/mol. The molecule has 0 atom stereocenters. The molecule has 0 aromatic carbocycles. The fraction of sp³-hybridized carbons (Fsp3) is 0.962. The lowest BCUT2D eigenvalue weighted by Gasteiger charge is -2.30. The van der Waals surface area contributed by atoms with Crippen LogP contribution in [0.5, 0.6) is 0 Å². The van der Waals surface area contributed by atoms with Crippen molar-refractivity contribution in [2.75, 3.05) is 27.2 Å². The van der Waals surface area contributed by atoms with Crippen molar-refractivity contribution < 1.29 is 14.4 Å². The van der Waals surface area contributed by atoms with E-state index >= 15 is 0 Å². The molecule has 0 aromatic rings. The van der Waals surface area contributed by atoms with Crippen LogP contribution in [-0.2, 0) is 4.79 Å². The molecule has 3 nitrogen and oxygen atoms in total. The summed E-state index contributed by atoms with van der Waals surface area (Å²) in [6.45, 7) is 9.16. The zero-order valence-electron chi connectivity index (χ0n) is 20.9. The second-order valence-electron chi connectivity index (χ2n) is 9.45. The summed E-state index contributed by atoms with van der Waals surface area (Å²) < 4.78 is 1.24. The van der Waals surface area contributed by atoms with Crippen LogP contribution >= 0.6 is 0 Å². The van der Waals surface area contributed by atoms with Crippen LogP contribution in [0.2, 0.25) is 0 Å². The normalized spacial score (nSPS) is 11.2. The maximum atomic E-state index is 9.49. The first-order valence-corrected chi connectivity index (χ1v) is 12.9. The molecule has 0 aliphatic rings. The smallest absolute Gasteiger partial charge is 0.0782 e. The highest BCUT2D eigenvalue weighted by Gasteiger charge is 2.13. The number of hydrogen-bond donors (Lipinski definition) is 0. The molecular weight excluding hydrogens is 358 g/mol. The van der Waals surface area contributed by atoms with Crippen LogP contribution in [0, 0.1) is 0 Å². The molecule has 0 amide bonds. The van der Waals surface area contributed by atoms with Crippen molar-refractivity contribution in [3.63, 3.8) is 0 Å². The van der Waals surface area contributed by atoms with E-state index < -0.39 is 5.97 Å². The van der Waals surface area contributed by atoms with E-state index in [0.717, 1.165) is 0 Å². The molecule has 0 spiro atoms. The Balaban J connectivity index is 0. The molecule has 0 rings (SSSR count). The van der Waals surface area contributed by atoms with Gasteiger partial charge in [0.05, 0.1) is 27.2 Å². The summed E-state index contributed by atoms with van der Waals surface area (Å²) >= 11 is 0. The first-order valence-electron chi connectivity index (χ1n) is 12.9. The summed E-state index contributed by atoms with van der Waals surface area (Å²) in [7, 11) is 4.87. The average Bonchev–Trinajstić information content (AvgIpc) is 2.66. The van der Waals surface area contributed by atoms with Gasteiger partial charge in [0.2, 0.25) is 0 Å². The molecule has 176 valence electrons. The van der Waals surface area contributed by atoms with Gasteiger partial charge in [-0.15, -0.1) is 0 Å². The minimum Gasteiger partial charge on any atom is -0.550 e. The minimum atomic E-state index is -0.961. The number of rotatable bonds is 20. The Morgan fingerprint density at radius 3 is 1.10 bits per heavy atom. The Morgan fingerprint density at radius 2 is 0.862 bits per heavy atom. The lowest BCUT2D eigenvalue weighted by molar-refractivity contribution is -0.890. The van der Waals surface area contributed by atoms with Gasteiger partial charge in [0.25, 0.3) is 0 Å². The monoisotopic (exact) mass is 413 g/mol. The molecule has 0 fully saturated rings. The van der Waals surface area contributed by atoms with Crippen LogP contribution in [0.3, 0.4) is 0 Å². The fourth-order valence-electron chi connectivity index (χ4n) is 3.66. The van der Waals surface area contributed by atoms with Crippen LogP contribution < -0.4 is 5.11 Å². The van der Waals surface area contributed by atoms with Crippen LogP contribution in [0.15, 0.2) is 0 Å². The number of quaternary nitrogens is 1. The molecule has 0 saturated carbocycles. The molecule has 0 N–H and O–H groups in total. The summed E-state index contributed by atoms with van der Waals surface area (Å²) in [6.07, 6.45) is 23.9. The van der Waals surface area contributed by atoms with E-state index in [1.807, 2.05) is 0 Å². The Morgan fingerprint density at radius 1 is 0.552 bits per heavy atom. The van der Waals surface area contributed by atoms with E-state index in [1.54, 1.807) is 6.92 Å². The molecule has 29 heavy (non-hydrogen) atoms. The van der Waals surface area contributed by atoms with Gasteiger partial charge >= 0.3 is 0 Å². The summed E-state index contributed by atoms with van der Waals surface area (Å²) in [6, 6.07) is 0. The third-order valence-corrected chi connectivity index (χ3v) is 5.69. The van der Waals surface area contributed by atoms with Crippen molar-refractivity contribution in [1.29, 1.82) is 0 Å². The molecule has 3 heteroatoms. The van der Waals surface area contributed by atoms with Crippen molar-refractivity contribution in [1.82, 2.24) is 0 Å². The van der Waals surface area contributed by atoms with E-state index in [9.17, 15) is 9.90 Å². The molecule has 0 heterocycles. The van der Waals surface area contributed by atoms with Crippen molar-refractivity contribution in [3.8, 4) is 0 Å². The zero-order valence-corrected chi connectivity index (χ0v) is 20.9. The van der Waals surface area contributed by atoms with Gasteiger partial charge in [0.1, 0.15) is 0 Å². The number of nitrogens with zero attached hydrogens (tertiary/aromatic N) is 1. The number of carbonyl (C=O) groups excluding carboxylic acids is 1. The van der Waals surface area contributed by atoms with Crippen molar-refractivity contribution in [2.24, 2.45) is 0 Å². The zero-order chi connectivity index (χ0) is 22.2. The van der Waals surface area contributed by atoms with Crippen LogP contribution in [0.4, 0.5) is 0 Å². The number of unbranched alkanes of at least 4 members (excludes halogenated alkanes) is 14. The summed E-state index contributed by atoms with van der Waals surface area (Å²) in [5.41, 5.74) is 0. The second-order valence-corrected chi connectivity index (χ2v) is 9.45. The van der Waals surface area contributed by atoms with Gasteiger partial charge in [0, 0.05) is 5.97 Å². The number of hydrogen-bond acceptors (Lipinski definition) is 2. The van der Waals surface area contributed by atoms with E-state index in [-0.39, 0.29) is 6.42 Å². The maximum absolute atomic E-state index is 9.49. The lowest BCUT2D eigenvalue weighted by Crippen LogP contribution is -2.41. The Labute approximate surface area is 184 Å². The average molecular weight is 414 g/mol. The molecule has 0 aliphatic carbocycles. The SMILES string of the molecule is CCCC(=O)[O-].CCCCCCCCCC[N+](C)(C)CCCCCCCCCC. The van der Waals surface area contributed by atoms with Crippen LogP contribution in [0.25, 0.3) is 0 Å². The fourth-order valence-corrected chi connectivity index (χ4v) is 3.66. The van der Waals surface area contributed by atoms with Gasteiger partial charge in [-0.2, -0.15) is 0 Å². The maximum Gasteiger partial charge on any atom is 0.0782 e. The van der Waals surface area contributed by atoms with Gasteiger partial charge in [-0.3, -0.25) is 0 Å². The summed E-state index contributed by atoms with van der Waals surface area (Å²) in [5.74, 6) is -0.961. The number of aliphatic carboxylic acids is 1. The third-order valence-electron chi connectivity index (χ3n) is 5.69. The van der Waals surface area contributed by atoms with Gasteiger partial charge in [-0.05, 0) is 32.1 Å². The Bertz CT molecular complexity index is 307. The van der Waals surface area contributed by atoms with E-state index in [4.69, 9.17) is 0 Å². The number of carboxylic acids is 1. The molecule has 0 radical (unpaired) electrons. The second kappa shape index (κ2) is 23.7. The molecule has 0 unspecified atom stereocenters. The predicted octanol–water partition coefficient (Wildman–Crippen LogP) is 6.88. The van der Waals surface area contributed by atoms with Crippen LogP contribution in [-0.4, -0.2) is 37.6 Å². The minimum absolute atomic E-state index is 0.181. The van der Waals surface area contributed by atoms with E-state index in [1.165, 1.54) is 120 Å². The summed E-state index contributed by atoms with van der Waals surface area (Å²) in [4.78, 5) is 9.49. The first-order chi connectivity index (χ1) is 13.9. The highest BCUT2D eigenvalue weighted by atomic mass is 16.4. The van der Waals surface area contributed by atoms with Crippen molar-refractivity contribution >= 4 is 5.97 Å². The van der Waals surface area contributed by atoms with Gasteiger partial charge < -0.3 is 14.4 Å². The third kappa shape index (κ3) is 29.7. The quantitative estimate of drug-likeness (QED) is 0.161. The van der Waals surface area contributed by atoms with Crippen LogP contribution in [0.1, 0.15) is 136 Å². The van der Waals surface area contributed by atoms with Gasteiger partial charge in [-0.25, -0.2) is 0 Å². The number of carbonyl (C=O) groups is 1. The van der Waals surface area contributed by atoms with Crippen molar-refractivity contribution in [3.05, 3.63) is 0 Å². The molecular formula is C26H55NO2. The van der Waals surface area contributed by atoms with E-state index in [2.05, 4.69) is 27.9 Å². The largest absolute Gasteiger partial charge is 0.550 e. The highest BCUT2D eigenvalue weighted by Crippen LogP contribution is 2.13. The van der Waals surface area contributed by atoms with E-state index in [0.29, 0.717) is 6.42 Å². The van der Waals surface area contributed by atoms with Gasteiger partial charge in [0.15, 0.2) is 0 Å². The number of carboxylic acid groups (broad SMARTS) is 1.